The summed E-state index contributed by atoms with van der Waals surface area (Å²) in [6, 6.07) is 62.4. The Balaban J connectivity index is 1.01. The maximum absolute atomic E-state index is 6.66. The molecule has 0 aliphatic heterocycles. The van der Waals surface area contributed by atoms with Gasteiger partial charge < -0.3 is 14.2 Å². The molecule has 0 amide bonds. The van der Waals surface area contributed by atoms with Crippen molar-refractivity contribution >= 4 is 77.6 Å². The molecule has 0 saturated heterocycles. The summed E-state index contributed by atoms with van der Waals surface area (Å²) in [6.45, 7) is 13.0. The Bertz CT molecular complexity index is 3230. The number of furan rings is 1. The van der Waals surface area contributed by atoms with Gasteiger partial charge in [-0.15, -0.1) is 0 Å². The highest BCUT2D eigenvalue weighted by atomic mass is 16.3. The SMILES string of the molecule is Cc1ccc(N(c2ccc3cc(-c4ccc5c(c4)oc4cc6cc(N(c7ccc(C)cc7)c7cc(C)ccc7C)ccc6cc45)ccc3c2)c2cc(C)ccc2C)cc1. The molecule has 3 nitrogen and oxygen atoms in total. The maximum atomic E-state index is 6.66. The molecule has 10 aromatic rings. The van der Waals surface area contributed by atoms with Gasteiger partial charge in [0.1, 0.15) is 11.2 Å². The predicted molar refractivity (Wildman–Crippen MR) is 252 cm³/mol. The number of anilines is 6. The first kappa shape index (κ1) is 36.3. The molecule has 3 heteroatoms. The van der Waals surface area contributed by atoms with Gasteiger partial charge in [0, 0.05) is 44.9 Å². The van der Waals surface area contributed by atoms with Gasteiger partial charge in [-0.25, -0.2) is 0 Å². The first-order chi connectivity index (χ1) is 28.6. The van der Waals surface area contributed by atoms with Gasteiger partial charge in [-0.05, 0) is 187 Å². The van der Waals surface area contributed by atoms with Crippen LogP contribution in [0, 0.1) is 41.5 Å². The van der Waals surface area contributed by atoms with E-state index in [2.05, 4.69) is 221 Å². The van der Waals surface area contributed by atoms with Crippen LogP contribution in [0.3, 0.4) is 0 Å². The average molecular weight is 763 g/mol. The molecule has 9 aromatic carbocycles. The van der Waals surface area contributed by atoms with Gasteiger partial charge in [-0.2, -0.15) is 0 Å². The third kappa shape index (κ3) is 6.69. The summed E-state index contributed by atoms with van der Waals surface area (Å²) in [5.74, 6) is 0. The fourth-order valence-corrected chi connectivity index (χ4v) is 8.54. The molecule has 10 rings (SSSR count). The molecule has 0 aliphatic rings. The van der Waals surface area contributed by atoms with E-state index in [1.165, 1.54) is 60.9 Å². The molecule has 0 unspecified atom stereocenters. The summed E-state index contributed by atoms with van der Waals surface area (Å²) < 4.78 is 6.66. The minimum atomic E-state index is 0.891. The highest BCUT2D eigenvalue weighted by Crippen LogP contribution is 2.42. The second-order valence-corrected chi connectivity index (χ2v) is 16.4. The average Bonchev–Trinajstić information content (AvgIpc) is 3.60. The second kappa shape index (κ2) is 14.4. The van der Waals surface area contributed by atoms with Crippen LogP contribution in [0.25, 0.3) is 54.6 Å². The molecule has 0 atom stereocenters. The van der Waals surface area contributed by atoms with Crippen LogP contribution in [0.4, 0.5) is 34.1 Å². The molecule has 59 heavy (non-hydrogen) atoms. The quantitative estimate of drug-likeness (QED) is 0.161. The normalized spacial score (nSPS) is 11.6. The zero-order chi connectivity index (χ0) is 40.4. The van der Waals surface area contributed by atoms with E-state index in [4.69, 9.17) is 4.42 Å². The van der Waals surface area contributed by atoms with Gasteiger partial charge in [0.2, 0.25) is 0 Å². The lowest BCUT2D eigenvalue weighted by Gasteiger charge is -2.28. The molecule has 1 heterocycles. The Morgan fingerprint density at radius 3 is 1.34 bits per heavy atom. The number of fused-ring (bicyclic) bond motifs is 5. The van der Waals surface area contributed by atoms with Crippen molar-refractivity contribution in [2.24, 2.45) is 0 Å². The molecule has 0 N–H and O–H groups in total. The topological polar surface area (TPSA) is 19.6 Å². The van der Waals surface area contributed by atoms with Crippen molar-refractivity contribution in [2.75, 3.05) is 9.80 Å². The van der Waals surface area contributed by atoms with Gasteiger partial charge in [-0.3, -0.25) is 0 Å². The third-order valence-electron chi connectivity index (χ3n) is 11.9. The Hall–Kier alpha value is -7.10. The zero-order valence-electron chi connectivity index (χ0n) is 34.5. The molecular weight excluding hydrogens is 717 g/mol. The number of aryl methyl sites for hydroxylation is 6. The van der Waals surface area contributed by atoms with Crippen molar-refractivity contribution in [3.63, 3.8) is 0 Å². The van der Waals surface area contributed by atoms with Crippen LogP contribution in [0.2, 0.25) is 0 Å². The van der Waals surface area contributed by atoms with Gasteiger partial charge in [0.25, 0.3) is 0 Å². The molecule has 0 aliphatic carbocycles. The number of nitrogens with zero attached hydrogens (tertiary/aromatic N) is 2. The van der Waals surface area contributed by atoms with Crippen molar-refractivity contribution in [1.29, 1.82) is 0 Å². The first-order valence-electron chi connectivity index (χ1n) is 20.5. The van der Waals surface area contributed by atoms with Gasteiger partial charge >= 0.3 is 0 Å². The van der Waals surface area contributed by atoms with E-state index in [-0.39, 0.29) is 0 Å². The minimum Gasteiger partial charge on any atom is -0.456 e. The standard InChI is InChI=1S/C56H46N2O/c1-35-9-20-47(21-10-35)57(53-27-37(3)7-13-39(53)5)49-24-17-42-29-41(15-16-43(42)30-49)45-19-26-51-52-32-44-18-25-50(31-46(44)34-56(52)59-55(51)33-45)58(48-22-11-36(2)12-23-48)54-28-38(4)8-14-40(54)6/h7-34H,1-6H3. The van der Waals surface area contributed by atoms with Gasteiger partial charge in [-0.1, -0.05) is 90.0 Å². The van der Waals surface area contributed by atoms with Crippen LogP contribution in [0.5, 0.6) is 0 Å². The first-order valence-corrected chi connectivity index (χ1v) is 20.5. The van der Waals surface area contributed by atoms with Crippen molar-refractivity contribution in [2.45, 2.75) is 41.5 Å². The van der Waals surface area contributed by atoms with Crippen LogP contribution >= 0.6 is 0 Å². The summed E-state index contributed by atoms with van der Waals surface area (Å²) in [7, 11) is 0. The van der Waals surface area contributed by atoms with E-state index >= 15 is 0 Å². The van der Waals surface area contributed by atoms with Crippen LogP contribution in [-0.4, -0.2) is 0 Å². The van der Waals surface area contributed by atoms with Crippen LogP contribution in [-0.2, 0) is 0 Å². The number of hydrogen-bond donors (Lipinski definition) is 0. The second-order valence-electron chi connectivity index (χ2n) is 16.4. The minimum absolute atomic E-state index is 0.891. The molecule has 1 aromatic heterocycles. The van der Waals surface area contributed by atoms with Crippen molar-refractivity contribution < 1.29 is 4.42 Å². The van der Waals surface area contributed by atoms with Crippen molar-refractivity contribution in [3.05, 3.63) is 203 Å². The summed E-state index contributed by atoms with van der Waals surface area (Å²) >= 11 is 0. The fourth-order valence-electron chi connectivity index (χ4n) is 8.54. The molecule has 0 saturated carbocycles. The van der Waals surface area contributed by atoms with E-state index in [0.717, 1.165) is 61.2 Å². The molecule has 286 valence electrons. The van der Waals surface area contributed by atoms with Crippen LogP contribution in [0.1, 0.15) is 33.4 Å². The Kier molecular flexibility index (Phi) is 8.83. The summed E-state index contributed by atoms with van der Waals surface area (Å²) in [5.41, 5.74) is 18.4. The predicted octanol–water partition coefficient (Wildman–Crippen LogP) is 16.3. The van der Waals surface area contributed by atoms with Crippen molar-refractivity contribution in [3.8, 4) is 11.1 Å². The van der Waals surface area contributed by atoms with E-state index in [0.29, 0.717) is 0 Å². The number of rotatable bonds is 7. The van der Waals surface area contributed by atoms with E-state index < -0.39 is 0 Å². The lowest BCUT2D eigenvalue weighted by Crippen LogP contribution is -2.11. The fraction of sp³-hybridized carbons (Fsp3) is 0.107. The van der Waals surface area contributed by atoms with Gasteiger partial charge in [0.05, 0.1) is 0 Å². The number of benzene rings is 9. The lowest BCUT2D eigenvalue weighted by molar-refractivity contribution is 0.669. The zero-order valence-corrected chi connectivity index (χ0v) is 34.5. The van der Waals surface area contributed by atoms with Gasteiger partial charge in [0.15, 0.2) is 0 Å². The summed E-state index contributed by atoms with van der Waals surface area (Å²) in [4.78, 5) is 4.74. The molecular formula is C56H46N2O. The monoisotopic (exact) mass is 762 g/mol. The molecule has 0 spiro atoms. The van der Waals surface area contributed by atoms with E-state index in [1.807, 2.05) is 0 Å². The Morgan fingerprint density at radius 2 is 0.746 bits per heavy atom. The Labute approximate surface area is 346 Å². The van der Waals surface area contributed by atoms with Crippen LogP contribution < -0.4 is 9.80 Å². The summed E-state index contributed by atoms with van der Waals surface area (Å²) in [6.07, 6.45) is 0. The largest absolute Gasteiger partial charge is 0.456 e. The number of hydrogen-bond acceptors (Lipinski definition) is 3. The van der Waals surface area contributed by atoms with E-state index in [1.54, 1.807) is 0 Å². The highest BCUT2D eigenvalue weighted by molar-refractivity contribution is 6.11. The lowest BCUT2D eigenvalue weighted by atomic mass is 9.99. The maximum Gasteiger partial charge on any atom is 0.136 e. The molecule has 0 radical (unpaired) electrons. The van der Waals surface area contributed by atoms with Crippen LogP contribution in [0.15, 0.2) is 174 Å². The van der Waals surface area contributed by atoms with Crippen molar-refractivity contribution in [1.82, 2.24) is 0 Å². The summed E-state index contributed by atoms with van der Waals surface area (Å²) in [5, 5.41) is 6.98. The molecule has 0 fully saturated rings. The smallest absolute Gasteiger partial charge is 0.136 e. The highest BCUT2D eigenvalue weighted by Gasteiger charge is 2.18. The van der Waals surface area contributed by atoms with E-state index in [9.17, 15) is 0 Å². The molecule has 0 bridgehead atoms. The third-order valence-corrected chi connectivity index (χ3v) is 11.9. The Morgan fingerprint density at radius 1 is 0.305 bits per heavy atom.